The highest BCUT2D eigenvalue weighted by atomic mass is 32.2. The van der Waals surface area contributed by atoms with Crippen LogP contribution in [0.2, 0.25) is 0 Å². The smallest absolute Gasteiger partial charge is 0.194 e. The van der Waals surface area contributed by atoms with E-state index in [0.29, 0.717) is 0 Å². The van der Waals surface area contributed by atoms with E-state index >= 15 is 0 Å². The van der Waals surface area contributed by atoms with Gasteiger partial charge >= 0.3 is 0 Å². The van der Waals surface area contributed by atoms with Gasteiger partial charge in [0.05, 0.1) is 0 Å². The van der Waals surface area contributed by atoms with E-state index in [9.17, 15) is 0 Å². The maximum absolute atomic E-state index is 4.77. The lowest BCUT2D eigenvalue weighted by Gasteiger charge is -2.37. The fraction of sp³-hybridized carbons (Fsp3) is 0.588. The topological polar surface area (TPSA) is 30.9 Å². The van der Waals surface area contributed by atoms with Crippen molar-refractivity contribution in [2.24, 2.45) is 4.99 Å². The number of thioether (sulfide) groups is 1. The van der Waals surface area contributed by atoms with Gasteiger partial charge in [-0.3, -0.25) is 4.99 Å². The summed E-state index contributed by atoms with van der Waals surface area (Å²) in [5.74, 6) is 2.27. The maximum Gasteiger partial charge on any atom is 0.194 e. The molecular weight excluding hydrogens is 292 g/mol. The van der Waals surface area contributed by atoms with Gasteiger partial charge in [0.15, 0.2) is 5.96 Å². The molecule has 4 nitrogen and oxygen atoms in total. The van der Waals surface area contributed by atoms with Crippen LogP contribution in [-0.2, 0) is 0 Å². The number of guanidine groups is 1. The van der Waals surface area contributed by atoms with Gasteiger partial charge in [0.2, 0.25) is 0 Å². The third-order valence-corrected chi connectivity index (χ3v) is 4.50. The van der Waals surface area contributed by atoms with Crippen molar-refractivity contribution in [1.82, 2.24) is 10.2 Å². The number of benzene rings is 1. The average Bonchev–Trinajstić information content (AvgIpc) is 2.59. The van der Waals surface area contributed by atoms with Crippen molar-refractivity contribution >= 4 is 23.4 Å². The van der Waals surface area contributed by atoms with Gasteiger partial charge in [-0.15, -0.1) is 0 Å². The van der Waals surface area contributed by atoms with E-state index in [4.69, 9.17) is 4.99 Å². The van der Waals surface area contributed by atoms with E-state index in [0.717, 1.165) is 51.6 Å². The summed E-state index contributed by atoms with van der Waals surface area (Å²) in [6.07, 6.45) is 3.30. The molecule has 5 heteroatoms. The molecule has 1 heterocycles. The molecule has 0 radical (unpaired) electrons. The largest absolute Gasteiger partial charge is 0.368 e. The predicted octanol–water partition coefficient (Wildman–Crippen LogP) is 2.53. The monoisotopic (exact) mass is 320 g/mol. The minimum atomic E-state index is 0.919. The first kappa shape index (κ1) is 17.0. The first-order valence-electron chi connectivity index (χ1n) is 8.17. The lowest BCUT2D eigenvalue weighted by atomic mass is 10.2. The van der Waals surface area contributed by atoms with Crippen LogP contribution in [0.4, 0.5) is 5.69 Å². The number of para-hydroxylation sites is 1. The molecule has 0 amide bonds. The first-order chi connectivity index (χ1) is 10.8. The minimum absolute atomic E-state index is 0.919. The quantitative estimate of drug-likeness (QED) is 0.496. The van der Waals surface area contributed by atoms with Gasteiger partial charge < -0.3 is 15.1 Å². The molecule has 0 atom stereocenters. The Labute approximate surface area is 139 Å². The van der Waals surface area contributed by atoms with Crippen LogP contribution in [-0.4, -0.2) is 62.1 Å². The summed E-state index contributed by atoms with van der Waals surface area (Å²) in [5.41, 5.74) is 1.32. The average molecular weight is 321 g/mol. The van der Waals surface area contributed by atoms with E-state index in [1.165, 1.54) is 11.4 Å². The van der Waals surface area contributed by atoms with Gasteiger partial charge in [-0.1, -0.05) is 18.2 Å². The fourth-order valence-corrected chi connectivity index (χ4v) is 3.05. The van der Waals surface area contributed by atoms with E-state index in [1.807, 2.05) is 11.8 Å². The zero-order chi connectivity index (χ0) is 15.6. The number of nitrogens with zero attached hydrogens (tertiary/aromatic N) is 3. The minimum Gasteiger partial charge on any atom is -0.368 e. The number of rotatable bonds is 6. The van der Waals surface area contributed by atoms with Crippen LogP contribution in [0.25, 0.3) is 0 Å². The molecule has 1 aliphatic heterocycles. The highest BCUT2D eigenvalue weighted by molar-refractivity contribution is 7.98. The summed E-state index contributed by atoms with van der Waals surface area (Å²) in [4.78, 5) is 9.62. The third kappa shape index (κ3) is 5.13. The standard InChI is InChI=1S/C17H28N4S/c1-3-18-17(19-10-7-15-22-2)21-13-11-20(12-14-21)16-8-5-4-6-9-16/h4-6,8-9H,3,7,10-15H2,1-2H3,(H,18,19). The molecule has 1 saturated heterocycles. The Morgan fingerprint density at radius 1 is 1.18 bits per heavy atom. The van der Waals surface area contributed by atoms with Crippen LogP contribution in [0.5, 0.6) is 0 Å². The zero-order valence-corrected chi connectivity index (χ0v) is 14.6. The van der Waals surface area contributed by atoms with Crippen molar-refractivity contribution < 1.29 is 0 Å². The van der Waals surface area contributed by atoms with Gasteiger partial charge in [0, 0.05) is 45.0 Å². The Hall–Kier alpha value is -1.36. The number of anilines is 1. The fourth-order valence-electron chi connectivity index (χ4n) is 2.63. The molecule has 122 valence electrons. The predicted molar refractivity (Wildman–Crippen MR) is 99.2 cm³/mol. The van der Waals surface area contributed by atoms with E-state index in [1.54, 1.807) is 0 Å². The highest BCUT2D eigenvalue weighted by Crippen LogP contribution is 2.15. The molecule has 0 aliphatic carbocycles. The summed E-state index contributed by atoms with van der Waals surface area (Å²) in [6, 6.07) is 10.7. The zero-order valence-electron chi connectivity index (χ0n) is 13.8. The van der Waals surface area contributed by atoms with Crippen molar-refractivity contribution in [2.75, 3.05) is 56.2 Å². The normalized spacial score (nSPS) is 16.0. The maximum atomic E-state index is 4.77. The molecule has 0 saturated carbocycles. The Morgan fingerprint density at radius 3 is 2.55 bits per heavy atom. The van der Waals surface area contributed by atoms with Gasteiger partial charge in [0.25, 0.3) is 0 Å². The molecule has 1 N–H and O–H groups in total. The molecular formula is C17H28N4S. The third-order valence-electron chi connectivity index (χ3n) is 3.80. The van der Waals surface area contributed by atoms with Gasteiger partial charge in [-0.2, -0.15) is 11.8 Å². The molecule has 0 bridgehead atoms. The molecule has 0 spiro atoms. The van der Waals surface area contributed by atoms with Crippen molar-refractivity contribution in [3.8, 4) is 0 Å². The van der Waals surface area contributed by atoms with E-state index in [-0.39, 0.29) is 0 Å². The molecule has 22 heavy (non-hydrogen) atoms. The van der Waals surface area contributed by atoms with Crippen LogP contribution in [0.1, 0.15) is 13.3 Å². The summed E-state index contributed by atoms with van der Waals surface area (Å²) < 4.78 is 0. The van der Waals surface area contributed by atoms with Gasteiger partial charge in [-0.25, -0.2) is 0 Å². The summed E-state index contributed by atoms with van der Waals surface area (Å²) >= 11 is 1.89. The second-order valence-corrected chi connectivity index (χ2v) is 6.38. The lowest BCUT2D eigenvalue weighted by Crippen LogP contribution is -2.52. The van der Waals surface area contributed by atoms with Crippen LogP contribution in [0, 0.1) is 0 Å². The lowest BCUT2D eigenvalue weighted by molar-refractivity contribution is 0.372. The first-order valence-corrected chi connectivity index (χ1v) is 9.56. The number of aliphatic imine (C=N–C) groups is 1. The van der Waals surface area contributed by atoms with Crippen molar-refractivity contribution in [3.05, 3.63) is 30.3 Å². The molecule has 0 aromatic heterocycles. The van der Waals surface area contributed by atoms with Gasteiger partial charge in [0.1, 0.15) is 0 Å². The second kappa shape index (κ2) is 9.62. The van der Waals surface area contributed by atoms with Crippen molar-refractivity contribution in [2.45, 2.75) is 13.3 Å². The molecule has 0 unspecified atom stereocenters. The van der Waals surface area contributed by atoms with Crippen molar-refractivity contribution in [1.29, 1.82) is 0 Å². The van der Waals surface area contributed by atoms with E-state index in [2.05, 4.69) is 58.6 Å². The SMILES string of the molecule is CCNC(=NCCCSC)N1CCN(c2ccccc2)CC1. The molecule has 1 fully saturated rings. The Morgan fingerprint density at radius 2 is 1.91 bits per heavy atom. The summed E-state index contributed by atoms with van der Waals surface area (Å²) in [6.45, 7) is 8.16. The summed E-state index contributed by atoms with van der Waals surface area (Å²) in [5, 5.41) is 3.43. The highest BCUT2D eigenvalue weighted by Gasteiger charge is 2.19. The van der Waals surface area contributed by atoms with Gasteiger partial charge in [-0.05, 0) is 37.5 Å². The number of nitrogens with one attached hydrogen (secondary N) is 1. The van der Waals surface area contributed by atoms with E-state index < -0.39 is 0 Å². The number of hydrogen-bond donors (Lipinski definition) is 1. The summed E-state index contributed by atoms with van der Waals surface area (Å²) in [7, 11) is 0. The van der Waals surface area contributed by atoms with Crippen molar-refractivity contribution in [3.63, 3.8) is 0 Å². The molecule has 1 aromatic rings. The number of hydrogen-bond acceptors (Lipinski definition) is 3. The molecule has 2 rings (SSSR count). The van der Waals surface area contributed by atoms with Crippen LogP contribution in [0.3, 0.4) is 0 Å². The Balaban J connectivity index is 1.87. The molecule has 1 aromatic carbocycles. The number of piperazine rings is 1. The molecule has 1 aliphatic rings. The van der Waals surface area contributed by atoms with Crippen LogP contribution in [0.15, 0.2) is 35.3 Å². The van der Waals surface area contributed by atoms with Crippen LogP contribution >= 0.6 is 11.8 Å². The Bertz CT molecular complexity index is 441. The Kier molecular flexibility index (Phi) is 7.43. The second-order valence-electron chi connectivity index (χ2n) is 5.39. The van der Waals surface area contributed by atoms with Crippen LogP contribution < -0.4 is 10.2 Å².